The van der Waals surface area contributed by atoms with Crippen LogP contribution in [0.4, 0.5) is 11.4 Å². The number of carbonyl (C=O) groups excluding carboxylic acids is 1. The number of benzene rings is 2. The van der Waals surface area contributed by atoms with Gasteiger partial charge in [0.1, 0.15) is 0 Å². The summed E-state index contributed by atoms with van der Waals surface area (Å²) in [6, 6.07) is 13.8. The first kappa shape index (κ1) is 16.0. The van der Waals surface area contributed by atoms with Crippen molar-refractivity contribution in [2.45, 2.75) is 13.8 Å². The average molecular weight is 318 g/mol. The lowest BCUT2D eigenvalue weighted by Crippen LogP contribution is -2.15. The lowest BCUT2D eigenvalue weighted by molar-refractivity contribution is 0.102. The van der Waals surface area contributed by atoms with Gasteiger partial charge in [-0.1, -0.05) is 12.1 Å². The van der Waals surface area contributed by atoms with Crippen molar-refractivity contribution < 1.29 is 13.2 Å². The largest absolute Gasteiger partial charge is 0.322 e. The minimum Gasteiger partial charge on any atom is -0.322 e. The zero-order valence-corrected chi connectivity index (χ0v) is 13.3. The van der Waals surface area contributed by atoms with Crippen molar-refractivity contribution in [3.05, 3.63) is 59.7 Å². The highest BCUT2D eigenvalue weighted by Gasteiger charge is 2.09. The molecule has 2 rings (SSSR count). The third kappa shape index (κ3) is 4.33. The molecule has 116 valence electrons. The summed E-state index contributed by atoms with van der Waals surface area (Å²) in [7, 11) is -3.31. The average Bonchev–Trinajstić information content (AvgIpc) is 2.47. The fourth-order valence-electron chi connectivity index (χ4n) is 1.87. The van der Waals surface area contributed by atoms with Crippen LogP contribution in [0.5, 0.6) is 0 Å². The van der Waals surface area contributed by atoms with E-state index in [2.05, 4.69) is 10.0 Å². The predicted octanol–water partition coefficient (Wildman–Crippen LogP) is 3.01. The molecule has 22 heavy (non-hydrogen) atoms. The number of amides is 1. The molecule has 6 heteroatoms. The standard InChI is InChI=1S/C16H18N2O3S/c1-3-22(20,21)18-14-9-7-13(8-10-14)16(19)17-15-6-4-5-12(2)11-15/h4-11,18H,3H2,1-2H3,(H,17,19). The number of carbonyl (C=O) groups is 1. The van der Waals surface area contributed by atoms with Crippen LogP contribution in [0.2, 0.25) is 0 Å². The molecule has 0 aliphatic rings. The summed E-state index contributed by atoms with van der Waals surface area (Å²) >= 11 is 0. The zero-order valence-electron chi connectivity index (χ0n) is 12.5. The molecule has 0 radical (unpaired) electrons. The van der Waals surface area contributed by atoms with Gasteiger partial charge in [0.2, 0.25) is 10.0 Å². The zero-order chi connectivity index (χ0) is 16.2. The van der Waals surface area contributed by atoms with E-state index in [4.69, 9.17) is 0 Å². The van der Waals surface area contributed by atoms with Gasteiger partial charge in [0.05, 0.1) is 5.75 Å². The van der Waals surface area contributed by atoms with Crippen LogP contribution >= 0.6 is 0 Å². The number of rotatable bonds is 5. The molecule has 2 aromatic carbocycles. The van der Waals surface area contributed by atoms with Gasteiger partial charge in [-0.05, 0) is 55.8 Å². The van der Waals surface area contributed by atoms with E-state index >= 15 is 0 Å². The summed E-state index contributed by atoms with van der Waals surface area (Å²) in [4.78, 5) is 12.1. The first-order chi connectivity index (χ1) is 10.4. The highest BCUT2D eigenvalue weighted by molar-refractivity contribution is 7.92. The van der Waals surface area contributed by atoms with Crippen LogP contribution in [-0.4, -0.2) is 20.1 Å². The molecule has 0 heterocycles. The van der Waals surface area contributed by atoms with E-state index in [9.17, 15) is 13.2 Å². The summed E-state index contributed by atoms with van der Waals surface area (Å²) < 4.78 is 25.4. The van der Waals surface area contributed by atoms with Crippen molar-refractivity contribution in [3.63, 3.8) is 0 Å². The highest BCUT2D eigenvalue weighted by Crippen LogP contribution is 2.14. The molecular weight excluding hydrogens is 300 g/mol. The fourth-order valence-corrected chi connectivity index (χ4v) is 2.51. The molecule has 5 nitrogen and oxygen atoms in total. The van der Waals surface area contributed by atoms with E-state index in [0.717, 1.165) is 11.3 Å². The van der Waals surface area contributed by atoms with Crippen LogP contribution in [0.15, 0.2) is 48.5 Å². The van der Waals surface area contributed by atoms with E-state index in [1.807, 2.05) is 31.2 Å². The van der Waals surface area contributed by atoms with Crippen molar-refractivity contribution >= 4 is 27.3 Å². The predicted molar refractivity (Wildman–Crippen MR) is 88.7 cm³/mol. The number of nitrogens with one attached hydrogen (secondary N) is 2. The van der Waals surface area contributed by atoms with Gasteiger partial charge in [0.25, 0.3) is 5.91 Å². The Morgan fingerprint density at radius 3 is 2.32 bits per heavy atom. The van der Waals surface area contributed by atoms with Crippen LogP contribution in [0.3, 0.4) is 0 Å². The van der Waals surface area contributed by atoms with E-state index in [1.165, 1.54) is 0 Å². The van der Waals surface area contributed by atoms with E-state index in [1.54, 1.807) is 31.2 Å². The van der Waals surface area contributed by atoms with Gasteiger partial charge in [0.15, 0.2) is 0 Å². The van der Waals surface area contributed by atoms with Gasteiger partial charge >= 0.3 is 0 Å². The Balaban J connectivity index is 2.08. The molecule has 2 aromatic rings. The van der Waals surface area contributed by atoms with Gasteiger partial charge in [-0.2, -0.15) is 0 Å². The first-order valence-electron chi connectivity index (χ1n) is 6.88. The number of anilines is 2. The van der Waals surface area contributed by atoms with Crippen LogP contribution < -0.4 is 10.0 Å². The first-order valence-corrected chi connectivity index (χ1v) is 8.53. The van der Waals surface area contributed by atoms with Crippen molar-refractivity contribution in [2.24, 2.45) is 0 Å². The molecular formula is C16H18N2O3S. The number of aryl methyl sites for hydroxylation is 1. The van der Waals surface area contributed by atoms with Crippen LogP contribution in [-0.2, 0) is 10.0 Å². The Bertz CT molecular complexity index is 768. The Kier molecular flexibility index (Phi) is 4.82. The lowest BCUT2D eigenvalue weighted by atomic mass is 10.2. The Morgan fingerprint density at radius 1 is 1.05 bits per heavy atom. The second-order valence-corrected chi connectivity index (χ2v) is 6.92. The molecule has 0 spiro atoms. The van der Waals surface area contributed by atoms with Crippen molar-refractivity contribution in [2.75, 3.05) is 15.8 Å². The number of hydrogen-bond acceptors (Lipinski definition) is 3. The van der Waals surface area contributed by atoms with Gasteiger partial charge in [-0.25, -0.2) is 8.42 Å². The topological polar surface area (TPSA) is 75.3 Å². The number of hydrogen-bond donors (Lipinski definition) is 2. The normalized spacial score (nSPS) is 11.0. The van der Waals surface area contributed by atoms with Crippen LogP contribution in [0.25, 0.3) is 0 Å². The second-order valence-electron chi connectivity index (χ2n) is 4.91. The van der Waals surface area contributed by atoms with E-state index in [-0.39, 0.29) is 11.7 Å². The maximum absolute atomic E-state index is 12.1. The monoisotopic (exact) mass is 318 g/mol. The van der Waals surface area contributed by atoms with Crippen LogP contribution in [0, 0.1) is 6.92 Å². The van der Waals surface area contributed by atoms with Gasteiger partial charge < -0.3 is 5.32 Å². The molecule has 0 aliphatic carbocycles. The minimum absolute atomic E-state index is 0.00258. The SMILES string of the molecule is CCS(=O)(=O)Nc1ccc(C(=O)Nc2cccc(C)c2)cc1. The van der Waals surface area contributed by atoms with Crippen LogP contribution in [0.1, 0.15) is 22.8 Å². The third-order valence-corrected chi connectivity index (χ3v) is 4.38. The van der Waals surface area contributed by atoms with Gasteiger partial charge in [-0.3, -0.25) is 9.52 Å². The maximum Gasteiger partial charge on any atom is 0.255 e. The van der Waals surface area contributed by atoms with Gasteiger partial charge in [0, 0.05) is 16.9 Å². The molecule has 0 saturated heterocycles. The second kappa shape index (κ2) is 6.62. The molecule has 0 unspecified atom stereocenters. The van der Waals surface area contributed by atoms with Crippen molar-refractivity contribution in [1.82, 2.24) is 0 Å². The summed E-state index contributed by atoms with van der Waals surface area (Å²) in [6.07, 6.45) is 0. The van der Waals surface area contributed by atoms with Crippen molar-refractivity contribution in [3.8, 4) is 0 Å². The molecule has 0 bridgehead atoms. The maximum atomic E-state index is 12.1. The number of sulfonamides is 1. The quantitative estimate of drug-likeness (QED) is 0.890. The fraction of sp³-hybridized carbons (Fsp3) is 0.188. The molecule has 0 atom stereocenters. The summed E-state index contributed by atoms with van der Waals surface area (Å²) in [5, 5.41) is 2.80. The summed E-state index contributed by atoms with van der Waals surface area (Å²) in [5.41, 5.74) is 2.68. The van der Waals surface area contributed by atoms with Crippen molar-refractivity contribution in [1.29, 1.82) is 0 Å². The van der Waals surface area contributed by atoms with E-state index < -0.39 is 10.0 Å². The minimum atomic E-state index is -3.31. The molecule has 0 fully saturated rings. The molecule has 2 N–H and O–H groups in total. The molecule has 0 saturated carbocycles. The third-order valence-electron chi connectivity index (χ3n) is 3.08. The summed E-state index contributed by atoms with van der Waals surface area (Å²) in [5.74, 6) is -0.238. The van der Waals surface area contributed by atoms with E-state index in [0.29, 0.717) is 11.3 Å². The van der Waals surface area contributed by atoms with Gasteiger partial charge in [-0.15, -0.1) is 0 Å². The molecule has 0 aliphatic heterocycles. The molecule has 1 amide bonds. The highest BCUT2D eigenvalue weighted by atomic mass is 32.2. The molecule has 0 aromatic heterocycles. The smallest absolute Gasteiger partial charge is 0.255 e. The Hall–Kier alpha value is -2.34. The Labute approximate surface area is 130 Å². The lowest BCUT2D eigenvalue weighted by Gasteiger charge is -2.08. The Morgan fingerprint density at radius 2 is 1.73 bits per heavy atom. The summed E-state index contributed by atoms with van der Waals surface area (Å²) in [6.45, 7) is 3.51.